The van der Waals surface area contributed by atoms with Gasteiger partial charge in [0, 0.05) is 43.4 Å². The van der Waals surface area contributed by atoms with E-state index < -0.39 is 0 Å². The fourth-order valence-electron chi connectivity index (χ4n) is 4.52. The van der Waals surface area contributed by atoms with Gasteiger partial charge < -0.3 is 19.7 Å². The SMILES string of the molecule is CCO[C@H]1CN(c2nccs2)CC1Nc1c(CC)nc(-c2ccc(OC)cc2C)n(CC)c1=O. The first kappa shape index (κ1) is 24.2. The Balaban J connectivity index is 1.72. The van der Waals surface area contributed by atoms with Gasteiger partial charge in [0.1, 0.15) is 17.3 Å². The lowest BCUT2D eigenvalue weighted by Gasteiger charge is -2.23. The van der Waals surface area contributed by atoms with Crippen LogP contribution in [-0.2, 0) is 17.7 Å². The number of benzene rings is 1. The molecule has 1 fully saturated rings. The second-order valence-corrected chi connectivity index (χ2v) is 9.18. The molecule has 4 rings (SSSR count). The average molecular weight is 484 g/mol. The highest BCUT2D eigenvalue weighted by Crippen LogP contribution is 2.29. The monoisotopic (exact) mass is 483 g/mol. The van der Waals surface area contributed by atoms with Gasteiger partial charge in [0.25, 0.3) is 5.56 Å². The maximum absolute atomic E-state index is 13.7. The average Bonchev–Trinajstić information content (AvgIpc) is 3.51. The standard InChI is InChI=1S/C25H33N5O3S/c1-6-19-22(27-20-14-29(15-21(20)33-8-3)25-26-11-12-34-25)24(31)30(7-2)23(28-19)18-10-9-17(32-5)13-16(18)4/h9-13,20-21,27H,6-8,14-15H2,1-5H3/t20?,21-/m0/s1. The van der Waals surface area contributed by atoms with Crippen molar-refractivity contribution in [2.24, 2.45) is 0 Å². The van der Waals surface area contributed by atoms with Crippen molar-refractivity contribution in [3.05, 3.63) is 51.4 Å². The zero-order valence-corrected chi connectivity index (χ0v) is 21.3. The molecule has 182 valence electrons. The number of hydrogen-bond donors (Lipinski definition) is 1. The summed E-state index contributed by atoms with van der Waals surface area (Å²) in [7, 11) is 1.65. The van der Waals surface area contributed by atoms with Crippen LogP contribution < -0.4 is 20.5 Å². The Bertz CT molecular complexity index is 1180. The molecule has 3 aromatic rings. The molecule has 2 atom stereocenters. The fraction of sp³-hybridized carbons (Fsp3) is 0.480. The van der Waals surface area contributed by atoms with Crippen molar-refractivity contribution in [3.8, 4) is 17.1 Å². The number of aromatic nitrogens is 3. The van der Waals surface area contributed by atoms with E-state index in [1.54, 1.807) is 23.0 Å². The zero-order chi connectivity index (χ0) is 24.2. The summed E-state index contributed by atoms with van der Waals surface area (Å²) in [6.07, 6.45) is 2.42. The van der Waals surface area contributed by atoms with Crippen molar-refractivity contribution in [2.75, 3.05) is 37.0 Å². The molecule has 1 saturated heterocycles. The van der Waals surface area contributed by atoms with Crippen molar-refractivity contribution < 1.29 is 9.47 Å². The lowest BCUT2D eigenvalue weighted by molar-refractivity contribution is 0.0720. The topological polar surface area (TPSA) is 81.5 Å². The zero-order valence-electron chi connectivity index (χ0n) is 20.5. The number of nitrogens with zero attached hydrogens (tertiary/aromatic N) is 4. The van der Waals surface area contributed by atoms with Crippen molar-refractivity contribution in [2.45, 2.75) is 52.8 Å². The first-order valence-electron chi connectivity index (χ1n) is 11.8. The molecule has 0 saturated carbocycles. The van der Waals surface area contributed by atoms with E-state index in [4.69, 9.17) is 14.5 Å². The number of methoxy groups -OCH3 is 1. The minimum absolute atomic E-state index is 0.0393. The molecule has 0 radical (unpaired) electrons. The number of aryl methyl sites for hydroxylation is 2. The fourth-order valence-corrected chi connectivity index (χ4v) is 5.19. The van der Waals surface area contributed by atoms with Crippen LogP contribution in [-0.4, -0.2) is 53.5 Å². The molecule has 1 aliphatic heterocycles. The van der Waals surface area contributed by atoms with Gasteiger partial charge in [-0.2, -0.15) is 0 Å². The number of hydrogen-bond acceptors (Lipinski definition) is 8. The van der Waals surface area contributed by atoms with Crippen LogP contribution in [0.25, 0.3) is 11.4 Å². The number of nitrogens with one attached hydrogen (secondary N) is 1. The first-order chi connectivity index (χ1) is 16.5. The Kier molecular flexibility index (Phi) is 7.53. The molecule has 0 bridgehead atoms. The Hall–Kier alpha value is -2.91. The van der Waals surface area contributed by atoms with Crippen LogP contribution in [0.4, 0.5) is 10.8 Å². The van der Waals surface area contributed by atoms with Crippen LogP contribution in [0.3, 0.4) is 0 Å². The van der Waals surface area contributed by atoms with Gasteiger partial charge in [-0.05, 0) is 51.0 Å². The molecule has 0 amide bonds. The van der Waals surface area contributed by atoms with Gasteiger partial charge in [-0.1, -0.05) is 6.92 Å². The Morgan fingerprint density at radius 2 is 2.06 bits per heavy atom. The van der Waals surface area contributed by atoms with E-state index in [-0.39, 0.29) is 17.7 Å². The third-order valence-corrected chi connectivity index (χ3v) is 7.07. The molecular formula is C25H33N5O3S. The summed E-state index contributed by atoms with van der Waals surface area (Å²) in [5, 5.41) is 6.48. The molecule has 9 heteroatoms. The van der Waals surface area contributed by atoms with Crippen LogP contribution in [0, 0.1) is 6.92 Å². The van der Waals surface area contributed by atoms with Crippen LogP contribution in [0.2, 0.25) is 0 Å². The van der Waals surface area contributed by atoms with E-state index in [2.05, 4.69) is 15.2 Å². The lowest BCUT2D eigenvalue weighted by Crippen LogP contribution is -2.38. The highest BCUT2D eigenvalue weighted by atomic mass is 32.1. The van der Waals surface area contributed by atoms with E-state index in [1.807, 2.05) is 57.5 Å². The highest BCUT2D eigenvalue weighted by Gasteiger charge is 2.35. The molecule has 34 heavy (non-hydrogen) atoms. The van der Waals surface area contributed by atoms with Crippen molar-refractivity contribution >= 4 is 22.2 Å². The van der Waals surface area contributed by atoms with Gasteiger partial charge in [-0.15, -0.1) is 11.3 Å². The second kappa shape index (κ2) is 10.6. The molecule has 0 aliphatic carbocycles. The Morgan fingerprint density at radius 3 is 2.68 bits per heavy atom. The maximum Gasteiger partial charge on any atom is 0.277 e. The Morgan fingerprint density at radius 1 is 1.24 bits per heavy atom. The quantitative estimate of drug-likeness (QED) is 0.493. The van der Waals surface area contributed by atoms with E-state index >= 15 is 0 Å². The van der Waals surface area contributed by atoms with Crippen molar-refractivity contribution in [1.82, 2.24) is 14.5 Å². The van der Waals surface area contributed by atoms with Crippen molar-refractivity contribution in [3.63, 3.8) is 0 Å². The highest BCUT2D eigenvalue weighted by molar-refractivity contribution is 7.13. The van der Waals surface area contributed by atoms with Gasteiger partial charge in [0.2, 0.25) is 0 Å². The van der Waals surface area contributed by atoms with Gasteiger partial charge in [0.15, 0.2) is 5.13 Å². The first-order valence-corrected chi connectivity index (χ1v) is 12.7. The smallest absolute Gasteiger partial charge is 0.277 e. The van der Waals surface area contributed by atoms with Gasteiger partial charge in [-0.25, -0.2) is 9.97 Å². The van der Waals surface area contributed by atoms with E-state index in [1.165, 1.54) is 0 Å². The summed E-state index contributed by atoms with van der Waals surface area (Å²) in [6.45, 7) is 10.6. The minimum Gasteiger partial charge on any atom is -0.497 e. The molecule has 1 aromatic carbocycles. The summed E-state index contributed by atoms with van der Waals surface area (Å²) in [4.78, 5) is 25.4. The van der Waals surface area contributed by atoms with Crippen LogP contribution in [0.15, 0.2) is 34.6 Å². The molecule has 2 aromatic heterocycles. The molecule has 1 N–H and O–H groups in total. The Labute approximate surface area is 204 Å². The van der Waals surface area contributed by atoms with Gasteiger partial charge in [-0.3, -0.25) is 9.36 Å². The molecular weight excluding hydrogens is 450 g/mol. The normalized spacial score (nSPS) is 17.9. The predicted octanol–water partition coefficient (Wildman–Crippen LogP) is 3.97. The van der Waals surface area contributed by atoms with E-state index in [0.717, 1.165) is 34.2 Å². The third kappa shape index (κ3) is 4.67. The van der Waals surface area contributed by atoms with Crippen LogP contribution in [0.5, 0.6) is 5.75 Å². The number of rotatable bonds is 9. The molecule has 8 nitrogen and oxygen atoms in total. The number of ether oxygens (including phenoxy) is 2. The molecule has 1 unspecified atom stereocenters. The summed E-state index contributed by atoms with van der Waals surface area (Å²) in [6, 6.07) is 5.81. The predicted molar refractivity (Wildman–Crippen MR) is 137 cm³/mol. The number of thiazole rings is 1. The molecule has 3 heterocycles. The van der Waals surface area contributed by atoms with E-state index in [9.17, 15) is 4.79 Å². The van der Waals surface area contributed by atoms with Gasteiger partial charge >= 0.3 is 0 Å². The molecule has 1 aliphatic rings. The maximum atomic E-state index is 13.7. The summed E-state index contributed by atoms with van der Waals surface area (Å²) in [5.41, 5.74) is 3.23. The molecule has 0 spiro atoms. The largest absolute Gasteiger partial charge is 0.497 e. The minimum atomic E-state index is -0.0532. The third-order valence-electron chi connectivity index (χ3n) is 6.24. The van der Waals surface area contributed by atoms with Crippen LogP contribution >= 0.6 is 11.3 Å². The van der Waals surface area contributed by atoms with Gasteiger partial charge in [0.05, 0.1) is 24.9 Å². The number of anilines is 2. The summed E-state index contributed by atoms with van der Waals surface area (Å²) in [5.74, 6) is 1.47. The van der Waals surface area contributed by atoms with Crippen molar-refractivity contribution in [1.29, 1.82) is 0 Å². The van der Waals surface area contributed by atoms with E-state index in [0.29, 0.717) is 37.6 Å². The second-order valence-electron chi connectivity index (χ2n) is 8.31. The summed E-state index contributed by atoms with van der Waals surface area (Å²) >= 11 is 1.61. The summed E-state index contributed by atoms with van der Waals surface area (Å²) < 4.78 is 13.1. The lowest BCUT2D eigenvalue weighted by atomic mass is 10.1. The van der Waals surface area contributed by atoms with Crippen LogP contribution in [0.1, 0.15) is 32.0 Å².